The maximum Gasteiger partial charge on any atom is 0.216 e. The average molecular weight is 262 g/mol. The van der Waals surface area contributed by atoms with Crippen molar-refractivity contribution in [2.75, 3.05) is 0 Å². The van der Waals surface area contributed by atoms with Gasteiger partial charge in [-0.1, -0.05) is 43.3 Å². The lowest BCUT2D eigenvalue weighted by atomic mass is 10.00. The molecule has 0 spiro atoms. The molecule has 2 aromatic carbocycles. The summed E-state index contributed by atoms with van der Waals surface area (Å²) in [5, 5.41) is 2.66. The molecule has 0 amide bonds. The van der Waals surface area contributed by atoms with Crippen molar-refractivity contribution in [2.24, 2.45) is 0 Å². The second kappa shape index (κ2) is 5.46. The Morgan fingerprint density at radius 2 is 1.60 bits per heavy atom. The zero-order valence-electron chi connectivity index (χ0n) is 12.1. The van der Waals surface area contributed by atoms with Crippen LogP contribution >= 0.6 is 0 Å². The van der Waals surface area contributed by atoms with Gasteiger partial charge in [0.15, 0.2) is 6.20 Å². The minimum absolute atomic E-state index is 1.05. The summed E-state index contributed by atoms with van der Waals surface area (Å²) in [5.74, 6) is 0. The Morgan fingerprint density at radius 1 is 0.900 bits per heavy atom. The van der Waals surface area contributed by atoms with Gasteiger partial charge < -0.3 is 0 Å². The molecule has 20 heavy (non-hydrogen) atoms. The van der Waals surface area contributed by atoms with Crippen LogP contribution < -0.4 is 4.57 Å². The summed E-state index contributed by atoms with van der Waals surface area (Å²) >= 11 is 0. The first-order valence-electron chi connectivity index (χ1n) is 7.28. The number of rotatable bonds is 3. The molecule has 1 nitrogen and oxygen atoms in total. The van der Waals surface area contributed by atoms with E-state index in [1.807, 2.05) is 0 Å². The number of aryl methyl sites for hydroxylation is 2. The fourth-order valence-electron chi connectivity index (χ4n) is 2.92. The Hall–Kier alpha value is -2.15. The van der Waals surface area contributed by atoms with Crippen LogP contribution in [0.5, 0.6) is 0 Å². The van der Waals surface area contributed by atoms with Crippen LogP contribution in [0.2, 0.25) is 0 Å². The molecule has 0 aliphatic rings. The number of hydrogen-bond acceptors (Lipinski definition) is 0. The van der Waals surface area contributed by atoms with Crippen LogP contribution in [-0.4, -0.2) is 0 Å². The van der Waals surface area contributed by atoms with Crippen LogP contribution in [0.4, 0.5) is 0 Å². The molecule has 0 aliphatic carbocycles. The number of benzene rings is 2. The highest BCUT2D eigenvalue weighted by Crippen LogP contribution is 2.26. The highest BCUT2D eigenvalue weighted by molar-refractivity contribution is 5.87. The largest absolute Gasteiger partial charge is 0.216 e. The minimum atomic E-state index is 1.05. The summed E-state index contributed by atoms with van der Waals surface area (Å²) in [7, 11) is 0. The van der Waals surface area contributed by atoms with Gasteiger partial charge in [-0.25, -0.2) is 0 Å². The van der Waals surface area contributed by atoms with Gasteiger partial charge in [-0.05, 0) is 30.5 Å². The number of hydrogen-bond donors (Lipinski definition) is 0. The number of aromatic nitrogens is 1. The predicted octanol–water partition coefficient (Wildman–Crippen LogP) is 4.51. The minimum Gasteiger partial charge on any atom is -0.197 e. The first-order valence-corrected chi connectivity index (χ1v) is 7.28. The smallest absolute Gasteiger partial charge is 0.197 e. The van der Waals surface area contributed by atoms with Crippen LogP contribution in [0, 0.1) is 6.92 Å². The van der Waals surface area contributed by atoms with Gasteiger partial charge in [-0.2, -0.15) is 4.57 Å². The zero-order chi connectivity index (χ0) is 13.9. The Morgan fingerprint density at radius 3 is 2.35 bits per heavy atom. The lowest BCUT2D eigenvalue weighted by molar-refractivity contribution is -0.685. The monoisotopic (exact) mass is 262 g/mol. The lowest BCUT2D eigenvalue weighted by Gasteiger charge is -2.10. The van der Waals surface area contributed by atoms with Gasteiger partial charge in [0, 0.05) is 22.9 Å². The van der Waals surface area contributed by atoms with Crippen molar-refractivity contribution in [1.82, 2.24) is 0 Å². The van der Waals surface area contributed by atoms with Gasteiger partial charge in [-0.15, -0.1) is 0 Å². The third kappa shape index (κ3) is 2.20. The van der Waals surface area contributed by atoms with E-state index < -0.39 is 0 Å². The maximum absolute atomic E-state index is 2.40. The van der Waals surface area contributed by atoms with E-state index in [0.29, 0.717) is 0 Å². The first-order chi connectivity index (χ1) is 9.81. The Labute approximate surface area is 120 Å². The summed E-state index contributed by atoms with van der Waals surface area (Å²) in [6.45, 7) is 5.51. The first kappa shape index (κ1) is 12.9. The van der Waals surface area contributed by atoms with Crippen LogP contribution in [0.1, 0.15) is 18.9 Å². The molecule has 1 heteroatoms. The van der Waals surface area contributed by atoms with Gasteiger partial charge in [0.05, 0.1) is 0 Å². The number of fused-ring (bicyclic) bond motifs is 1. The molecular weight excluding hydrogens is 242 g/mol. The molecule has 0 bridgehead atoms. The SMILES string of the molecule is CCC[n+]1cc2ccccc2c(C)c1-c1ccccc1. The van der Waals surface area contributed by atoms with Crippen molar-refractivity contribution in [1.29, 1.82) is 0 Å². The summed E-state index contributed by atoms with van der Waals surface area (Å²) in [5.41, 5.74) is 4.00. The molecule has 1 heterocycles. The summed E-state index contributed by atoms with van der Waals surface area (Å²) < 4.78 is 2.40. The van der Waals surface area contributed by atoms with Crippen molar-refractivity contribution < 1.29 is 4.57 Å². The van der Waals surface area contributed by atoms with Crippen LogP contribution in [-0.2, 0) is 6.54 Å². The molecule has 0 N–H and O–H groups in total. The topological polar surface area (TPSA) is 3.88 Å². The molecule has 0 saturated heterocycles. The number of nitrogens with zero attached hydrogens (tertiary/aromatic N) is 1. The lowest BCUT2D eigenvalue weighted by Crippen LogP contribution is -2.36. The van der Waals surface area contributed by atoms with Gasteiger partial charge in [0.2, 0.25) is 5.69 Å². The molecule has 0 unspecified atom stereocenters. The standard InChI is InChI=1S/C19H20N/c1-3-13-20-14-17-11-7-8-12-18(17)15(2)19(20)16-9-5-4-6-10-16/h4-12,14H,3,13H2,1-2H3/q+1. The van der Waals surface area contributed by atoms with Crippen molar-refractivity contribution >= 4 is 10.8 Å². The fourth-order valence-corrected chi connectivity index (χ4v) is 2.92. The highest BCUT2D eigenvalue weighted by atomic mass is 15.0. The molecule has 1 aromatic heterocycles. The quantitative estimate of drug-likeness (QED) is 0.611. The molecule has 0 atom stereocenters. The third-order valence-corrected chi connectivity index (χ3v) is 3.81. The third-order valence-electron chi connectivity index (χ3n) is 3.81. The van der Waals surface area contributed by atoms with E-state index in [1.165, 1.54) is 27.6 Å². The van der Waals surface area contributed by atoms with E-state index >= 15 is 0 Å². The van der Waals surface area contributed by atoms with Crippen molar-refractivity contribution in [3.8, 4) is 11.3 Å². The van der Waals surface area contributed by atoms with E-state index in [-0.39, 0.29) is 0 Å². The van der Waals surface area contributed by atoms with Crippen molar-refractivity contribution in [3.05, 3.63) is 66.4 Å². The van der Waals surface area contributed by atoms with E-state index in [4.69, 9.17) is 0 Å². The van der Waals surface area contributed by atoms with E-state index in [0.717, 1.165) is 13.0 Å². The van der Waals surface area contributed by atoms with E-state index in [9.17, 15) is 0 Å². The molecule has 0 radical (unpaired) electrons. The summed E-state index contributed by atoms with van der Waals surface area (Å²) in [6, 6.07) is 19.3. The predicted molar refractivity (Wildman–Crippen MR) is 84.6 cm³/mol. The van der Waals surface area contributed by atoms with Gasteiger partial charge in [-0.3, -0.25) is 0 Å². The maximum atomic E-state index is 2.40. The van der Waals surface area contributed by atoms with E-state index in [2.05, 4.69) is 79.2 Å². The van der Waals surface area contributed by atoms with Crippen molar-refractivity contribution in [2.45, 2.75) is 26.8 Å². The normalized spacial score (nSPS) is 10.9. The Balaban J connectivity index is 2.33. The summed E-state index contributed by atoms with van der Waals surface area (Å²) in [6.07, 6.45) is 3.43. The zero-order valence-corrected chi connectivity index (χ0v) is 12.1. The van der Waals surface area contributed by atoms with Gasteiger partial charge in [0.25, 0.3) is 0 Å². The highest BCUT2D eigenvalue weighted by Gasteiger charge is 2.18. The molecule has 0 aliphatic heterocycles. The summed E-state index contributed by atoms with van der Waals surface area (Å²) in [4.78, 5) is 0. The molecule has 0 fully saturated rings. The van der Waals surface area contributed by atoms with Crippen LogP contribution in [0.25, 0.3) is 22.0 Å². The van der Waals surface area contributed by atoms with Gasteiger partial charge >= 0.3 is 0 Å². The second-order valence-electron chi connectivity index (χ2n) is 5.25. The van der Waals surface area contributed by atoms with Crippen molar-refractivity contribution in [3.63, 3.8) is 0 Å². The average Bonchev–Trinajstić information content (AvgIpc) is 2.49. The van der Waals surface area contributed by atoms with Crippen LogP contribution in [0.15, 0.2) is 60.8 Å². The molecule has 3 aromatic rings. The Kier molecular flexibility index (Phi) is 3.51. The number of pyridine rings is 1. The van der Waals surface area contributed by atoms with Crippen LogP contribution in [0.3, 0.4) is 0 Å². The van der Waals surface area contributed by atoms with Gasteiger partial charge in [0.1, 0.15) is 6.54 Å². The molecular formula is C19H20N+. The fraction of sp³-hybridized carbons (Fsp3) is 0.211. The molecule has 100 valence electrons. The molecule has 3 rings (SSSR count). The Bertz CT molecular complexity index is 729. The van der Waals surface area contributed by atoms with E-state index in [1.54, 1.807) is 0 Å². The second-order valence-corrected chi connectivity index (χ2v) is 5.25. The molecule has 0 saturated carbocycles.